The third-order valence-corrected chi connectivity index (χ3v) is 4.52. The highest BCUT2D eigenvalue weighted by molar-refractivity contribution is 6.79. The molecule has 0 saturated heterocycles. The molecule has 3 nitrogen and oxygen atoms in total. The van der Waals surface area contributed by atoms with Crippen molar-refractivity contribution in [3.8, 4) is 0 Å². The van der Waals surface area contributed by atoms with Crippen LogP contribution in [0.5, 0.6) is 0 Å². The van der Waals surface area contributed by atoms with E-state index in [1.165, 1.54) is 0 Å². The Labute approximate surface area is 106 Å². The smallest absolute Gasteiger partial charge is 0.256 e. The number of nitrogens with zero attached hydrogens (tertiary/aromatic N) is 1. The lowest BCUT2D eigenvalue weighted by molar-refractivity contribution is 0.0750. The van der Waals surface area contributed by atoms with Crippen LogP contribution in [0.25, 0.3) is 0 Å². The molecule has 2 amide bonds. The number of hydrogen-bond acceptors (Lipinski definition) is 2. The second-order valence-corrected chi connectivity index (χ2v) is 9.91. The number of rotatable bonds is 1. The summed E-state index contributed by atoms with van der Waals surface area (Å²) in [5.41, 5.74) is -2.05. The maximum atomic E-state index is 13.6. The van der Waals surface area contributed by atoms with Crippen molar-refractivity contribution in [2.24, 2.45) is 0 Å². The van der Waals surface area contributed by atoms with E-state index in [0.717, 1.165) is 0 Å². The Morgan fingerprint density at radius 3 is 1.32 bits per heavy atom. The summed E-state index contributed by atoms with van der Waals surface area (Å²) in [5.74, 6) is -10.1. The monoisotopic (exact) mass is 291 g/mol. The first kappa shape index (κ1) is 13.7. The zero-order chi connectivity index (χ0) is 14.7. The number of benzene rings is 1. The molecule has 1 aromatic rings. The molecule has 0 atom stereocenters. The summed E-state index contributed by atoms with van der Waals surface area (Å²) in [7, 11) is -2.57. The molecular weight excluding hydrogens is 282 g/mol. The Morgan fingerprint density at radius 2 is 1.05 bits per heavy atom. The highest BCUT2D eigenvalue weighted by atomic mass is 28.3. The van der Waals surface area contributed by atoms with Gasteiger partial charge >= 0.3 is 0 Å². The van der Waals surface area contributed by atoms with E-state index in [-0.39, 0.29) is 0 Å². The lowest BCUT2D eigenvalue weighted by Crippen LogP contribution is -2.49. The second kappa shape index (κ2) is 3.89. The predicted octanol–water partition coefficient (Wildman–Crippen LogP) is 2.67. The van der Waals surface area contributed by atoms with E-state index in [9.17, 15) is 27.2 Å². The number of carbonyl (C=O) groups is 2. The topological polar surface area (TPSA) is 37.4 Å². The van der Waals surface area contributed by atoms with Gasteiger partial charge in [0.2, 0.25) is 0 Å². The van der Waals surface area contributed by atoms with Gasteiger partial charge in [0.1, 0.15) is 0 Å². The van der Waals surface area contributed by atoms with Gasteiger partial charge in [-0.05, 0) is 0 Å². The first-order valence-corrected chi connectivity index (χ1v) is 8.78. The number of imide groups is 1. The molecule has 102 valence electrons. The van der Waals surface area contributed by atoms with Crippen molar-refractivity contribution in [3.63, 3.8) is 0 Å². The summed E-state index contributed by atoms with van der Waals surface area (Å²) in [5, 5.41) is 0. The van der Waals surface area contributed by atoms with Crippen LogP contribution in [-0.2, 0) is 0 Å². The summed E-state index contributed by atoms with van der Waals surface area (Å²) >= 11 is 0. The van der Waals surface area contributed by atoms with E-state index in [1.54, 1.807) is 19.6 Å². The zero-order valence-corrected chi connectivity index (χ0v) is 11.3. The molecule has 0 spiro atoms. The summed E-state index contributed by atoms with van der Waals surface area (Å²) in [4.78, 5) is 23.9. The van der Waals surface area contributed by atoms with Gasteiger partial charge in [0, 0.05) is 0 Å². The SMILES string of the molecule is C[Si](C)(C)N1C(=O)c2c(F)c(F)c(F)c(F)c2C1=O. The quantitative estimate of drug-likeness (QED) is 0.262. The molecule has 1 aliphatic rings. The molecule has 0 radical (unpaired) electrons. The summed E-state index contributed by atoms with van der Waals surface area (Å²) in [6.07, 6.45) is 0. The van der Waals surface area contributed by atoms with Crippen LogP contribution in [0.15, 0.2) is 0 Å². The van der Waals surface area contributed by atoms with Gasteiger partial charge in [-0.3, -0.25) is 9.59 Å². The molecule has 8 heteroatoms. The van der Waals surface area contributed by atoms with Gasteiger partial charge in [-0.25, -0.2) is 17.6 Å². The number of amides is 2. The number of carbonyl (C=O) groups excluding carboxylic acids is 2. The molecule has 0 aromatic heterocycles. The minimum absolute atomic E-state index is 0.711. The van der Waals surface area contributed by atoms with Crippen LogP contribution in [-0.4, -0.2) is 24.6 Å². The average Bonchev–Trinajstić information content (AvgIpc) is 2.55. The minimum atomic E-state index is -2.57. The van der Waals surface area contributed by atoms with Crippen molar-refractivity contribution in [1.29, 1.82) is 0 Å². The Kier molecular flexibility index (Phi) is 2.81. The van der Waals surface area contributed by atoms with E-state index >= 15 is 0 Å². The lowest BCUT2D eigenvalue weighted by atomic mass is 10.1. The van der Waals surface area contributed by atoms with Crippen LogP contribution in [0.3, 0.4) is 0 Å². The largest absolute Gasteiger partial charge is 0.304 e. The van der Waals surface area contributed by atoms with Gasteiger partial charge in [-0.1, -0.05) is 19.6 Å². The standard InChI is InChI=1S/C11H9F4NO2Si/c1-19(2,3)16-10(17)4-5(11(16)18)7(13)9(15)8(14)6(4)12/h1-3H3. The number of fused-ring (bicyclic) bond motifs is 1. The van der Waals surface area contributed by atoms with Gasteiger partial charge in [-0.15, -0.1) is 0 Å². The molecule has 0 N–H and O–H groups in total. The molecule has 0 saturated carbocycles. The van der Waals surface area contributed by atoms with E-state index in [4.69, 9.17) is 0 Å². The first-order valence-electron chi connectivity index (χ1n) is 5.33. The number of hydrogen-bond donors (Lipinski definition) is 0. The zero-order valence-electron chi connectivity index (χ0n) is 10.3. The molecule has 19 heavy (non-hydrogen) atoms. The van der Waals surface area contributed by atoms with Gasteiger partial charge in [0.25, 0.3) is 11.8 Å². The molecule has 0 bridgehead atoms. The van der Waals surface area contributed by atoms with Gasteiger partial charge < -0.3 is 4.57 Å². The molecule has 1 aromatic carbocycles. The highest BCUT2D eigenvalue weighted by Crippen LogP contribution is 2.33. The molecular formula is C11H9F4NO2Si. The Bertz CT molecular complexity index is 577. The normalized spacial score (nSPS) is 15.2. The lowest BCUT2D eigenvalue weighted by Gasteiger charge is -2.27. The molecule has 1 aliphatic heterocycles. The number of halogens is 4. The molecule has 0 fully saturated rings. The third-order valence-electron chi connectivity index (χ3n) is 2.77. The summed E-state index contributed by atoms with van der Waals surface area (Å²) < 4.78 is 54.1. The first-order chi connectivity index (χ1) is 8.59. The van der Waals surface area contributed by atoms with Gasteiger partial charge in [0.05, 0.1) is 11.1 Å². The maximum Gasteiger partial charge on any atom is 0.256 e. The maximum absolute atomic E-state index is 13.6. The fourth-order valence-corrected chi connectivity index (χ4v) is 3.40. The fraction of sp³-hybridized carbons (Fsp3) is 0.273. The summed E-state index contributed by atoms with van der Waals surface area (Å²) in [6.45, 7) is 4.78. The van der Waals surface area contributed by atoms with Crippen molar-refractivity contribution in [3.05, 3.63) is 34.4 Å². The van der Waals surface area contributed by atoms with Crippen molar-refractivity contribution >= 4 is 20.0 Å². The van der Waals surface area contributed by atoms with Crippen LogP contribution in [0.1, 0.15) is 20.7 Å². The van der Waals surface area contributed by atoms with E-state index in [2.05, 4.69) is 0 Å². The van der Waals surface area contributed by atoms with Crippen LogP contribution in [0.2, 0.25) is 19.6 Å². The van der Waals surface area contributed by atoms with E-state index < -0.39 is 54.4 Å². The van der Waals surface area contributed by atoms with Crippen molar-refractivity contribution in [2.75, 3.05) is 0 Å². The van der Waals surface area contributed by atoms with Crippen molar-refractivity contribution in [2.45, 2.75) is 19.6 Å². The predicted molar refractivity (Wildman–Crippen MR) is 60.1 cm³/mol. The second-order valence-electron chi connectivity index (χ2n) is 5.12. The molecule has 2 rings (SSSR count). The van der Waals surface area contributed by atoms with Crippen molar-refractivity contribution < 1.29 is 27.2 Å². The van der Waals surface area contributed by atoms with E-state index in [0.29, 0.717) is 4.57 Å². The van der Waals surface area contributed by atoms with Crippen LogP contribution in [0, 0.1) is 23.3 Å². The third kappa shape index (κ3) is 1.70. The Hall–Kier alpha value is -1.70. The summed E-state index contributed by atoms with van der Waals surface area (Å²) in [6, 6.07) is 0. The molecule has 0 unspecified atom stereocenters. The van der Waals surface area contributed by atoms with Crippen LogP contribution < -0.4 is 0 Å². The van der Waals surface area contributed by atoms with Crippen LogP contribution in [0.4, 0.5) is 17.6 Å². The molecule has 1 heterocycles. The van der Waals surface area contributed by atoms with Crippen molar-refractivity contribution in [1.82, 2.24) is 4.57 Å². The van der Waals surface area contributed by atoms with E-state index in [1.807, 2.05) is 0 Å². The average molecular weight is 291 g/mol. The Morgan fingerprint density at radius 1 is 0.737 bits per heavy atom. The Balaban J connectivity index is 2.81. The van der Waals surface area contributed by atoms with Crippen LogP contribution >= 0.6 is 0 Å². The van der Waals surface area contributed by atoms with Gasteiger partial charge in [-0.2, -0.15) is 0 Å². The fourth-order valence-electron chi connectivity index (χ4n) is 1.96. The van der Waals surface area contributed by atoms with Gasteiger partial charge in [0.15, 0.2) is 31.5 Å². The highest BCUT2D eigenvalue weighted by Gasteiger charge is 2.48. The minimum Gasteiger partial charge on any atom is -0.304 e. The molecule has 0 aliphatic carbocycles.